The molecular formula is C46H61N9O11. The van der Waals surface area contributed by atoms with E-state index < -0.39 is 120 Å². The number of esters is 1. The molecule has 4 saturated heterocycles. The Bertz CT molecular complexity index is 2100. The number of benzene rings is 2. The molecule has 0 radical (unpaired) electrons. The number of nitrogens with two attached hydrogens (primary N) is 1. The fraction of sp³-hybridized carbons (Fsp3) is 0.543. The molecule has 66 heavy (non-hydrogen) atoms. The first-order valence-corrected chi connectivity index (χ1v) is 22.7. The molecular weight excluding hydrogens is 855 g/mol. The number of amides is 8. The largest absolute Gasteiger partial charge is 0.454 e. The molecule has 0 aromatic heterocycles. The van der Waals surface area contributed by atoms with Crippen LogP contribution in [0.3, 0.4) is 0 Å². The first-order valence-electron chi connectivity index (χ1n) is 22.7. The van der Waals surface area contributed by atoms with E-state index >= 15 is 0 Å². The summed E-state index contributed by atoms with van der Waals surface area (Å²) >= 11 is 0. The van der Waals surface area contributed by atoms with Crippen molar-refractivity contribution in [3.63, 3.8) is 0 Å². The zero-order valence-electron chi connectivity index (χ0n) is 37.2. The minimum atomic E-state index is -1.31. The standard InChI is InChI=1S/C46H61N9O11/c1-26(40(59)50-32(39(47)58)22-28-12-5-3-6-13-28)49-42(61)33(23-29-14-7-4-8-15-29)51-43(62)35-19-11-21-54(35)37(57)25-66-46(65)36-18-9-16-30-24-34(45(64)55(30)36)52-44(63)38(27(2)56)53-41(60)31-17-10-20-48-31/h3-8,12-15,26-27,30-36,38,48,56H,9-11,16-25H2,1-2H3,(H2,47,58)(H,49,61)(H,50,59)(H,51,62)(H,52,63)(H,53,60)/t26-,27+,30+,31-,32-,33-,34-,35-,36-,38-/m0/s1. The minimum absolute atomic E-state index is 0.0426. The summed E-state index contributed by atoms with van der Waals surface area (Å²) < 4.78 is 5.50. The number of aliphatic hydroxyl groups excluding tert-OH is 1. The highest BCUT2D eigenvalue weighted by molar-refractivity contribution is 5.97. The molecule has 0 aliphatic carbocycles. The second-order valence-electron chi connectivity index (χ2n) is 17.5. The third-order valence-corrected chi connectivity index (χ3v) is 12.7. The normalized spacial score (nSPS) is 23.6. The lowest BCUT2D eigenvalue weighted by Crippen LogP contribution is -2.58. The molecule has 0 spiro atoms. The SMILES string of the molecule is C[C@H](NC(=O)[C@H](Cc1ccccc1)NC(=O)[C@@H]1CCCN1C(=O)COC(=O)[C@@H]1CCC[C@@H]2C[C@H](NC(=O)[C@@H](NC(=O)[C@@H]3CCCN3)[C@@H](C)O)C(=O)N21)C(=O)N[C@@H](Cc1ccccc1)C(N)=O. The highest BCUT2D eigenvalue weighted by Gasteiger charge is 2.49. The fourth-order valence-electron chi connectivity index (χ4n) is 9.10. The van der Waals surface area contributed by atoms with Gasteiger partial charge in [-0.2, -0.15) is 0 Å². The van der Waals surface area contributed by atoms with Crippen LogP contribution in [0.2, 0.25) is 0 Å². The van der Waals surface area contributed by atoms with Gasteiger partial charge in [0.25, 0.3) is 5.91 Å². The van der Waals surface area contributed by atoms with Crippen molar-refractivity contribution in [2.45, 2.75) is 139 Å². The van der Waals surface area contributed by atoms with Gasteiger partial charge in [0, 0.05) is 25.4 Å². The zero-order chi connectivity index (χ0) is 47.5. The van der Waals surface area contributed by atoms with Gasteiger partial charge in [-0.25, -0.2) is 4.79 Å². The number of primary amides is 1. The average molecular weight is 916 g/mol. The molecule has 9 N–H and O–H groups in total. The average Bonchev–Trinajstić information content (AvgIpc) is 4.09. The summed E-state index contributed by atoms with van der Waals surface area (Å²) in [6.07, 6.45) is 2.62. The Kier molecular flexibility index (Phi) is 16.8. The van der Waals surface area contributed by atoms with Crippen LogP contribution < -0.4 is 37.6 Å². The van der Waals surface area contributed by atoms with Crippen molar-refractivity contribution >= 4 is 53.2 Å². The Labute approximate surface area is 382 Å². The van der Waals surface area contributed by atoms with Gasteiger partial charge in [0.05, 0.1) is 12.1 Å². The third kappa shape index (κ3) is 12.5. The van der Waals surface area contributed by atoms with Gasteiger partial charge in [-0.3, -0.25) is 38.4 Å². The molecule has 20 heteroatoms. The number of likely N-dealkylation sites (tertiary alicyclic amines) is 1. The molecule has 4 heterocycles. The maximum atomic E-state index is 13.9. The number of nitrogens with zero attached hydrogens (tertiary/aromatic N) is 2. The van der Waals surface area contributed by atoms with E-state index in [9.17, 15) is 48.3 Å². The second-order valence-corrected chi connectivity index (χ2v) is 17.5. The molecule has 356 valence electrons. The van der Waals surface area contributed by atoms with Crippen molar-refractivity contribution in [1.29, 1.82) is 0 Å². The van der Waals surface area contributed by atoms with Crippen LogP contribution in [0, 0.1) is 0 Å². The minimum Gasteiger partial charge on any atom is -0.454 e. The van der Waals surface area contributed by atoms with Crippen LogP contribution in [0.15, 0.2) is 60.7 Å². The number of rotatable bonds is 19. The highest BCUT2D eigenvalue weighted by Crippen LogP contribution is 2.33. The van der Waals surface area contributed by atoms with Crippen molar-refractivity contribution in [3.8, 4) is 0 Å². The number of hydrogen-bond acceptors (Lipinski definition) is 12. The maximum absolute atomic E-state index is 13.9. The Hall–Kier alpha value is -6.41. The van der Waals surface area contributed by atoms with Crippen molar-refractivity contribution in [1.82, 2.24) is 41.7 Å². The molecule has 2 aromatic carbocycles. The van der Waals surface area contributed by atoms with Crippen LogP contribution in [-0.2, 0) is 60.7 Å². The maximum Gasteiger partial charge on any atom is 0.329 e. The number of nitrogens with one attached hydrogen (secondary N) is 6. The molecule has 2 aromatic rings. The lowest BCUT2D eigenvalue weighted by atomic mass is 9.96. The van der Waals surface area contributed by atoms with E-state index in [1.807, 2.05) is 6.07 Å². The lowest BCUT2D eigenvalue weighted by Gasteiger charge is -2.36. The van der Waals surface area contributed by atoms with Crippen molar-refractivity contribution in [2.24, 2.45) is 5.73 Å². The smallest absolute Gasteiger partial charge is 0.329 e. The summed E-state index contributed by atoms with van der Waals surface area (Å²) in [5.74, 6) is -5.89. The number of carbonyl (C=O) groups excluding carboxylic acids is 9. The van der Waals surface area contributed by atoms with Crippen molar-refractivity contribution < 1.29 is 53.0 Å². The van der Waals surface area contributed by atoms with Gasteiger partial charge in [0.15, 0.2) is 6.61 Å². The Morgan fingerprint density at radius 3 is 2.03 bits per heavy atom. The Morgan fingerprint density at radius 1 is 0.758 bits per heavy atom. The molecule has 20 nitrogen and oxygen atoms in total. The van der Waals surface area contributed by atoms with Gasteiger partial charge in [0.1, 0.15) is 42.3 Å². The van der Waals surface area contributed by atoms with E-state index in [1.54, 1.807) is 54.6 Å². The number of carbonyl (C=O) groups is 9. The van der Waals surface area contributed by atoms with Crippen LogP contribution in [0.5, 0.6) is 0 Å². The zero-order valence-corrected chi connectivity index (χ0v) is 37.2. The third-order valence-electron chi connectivity index (χ3n) is 12.7. The number of piperidine rings is 1. The van der Waals surface area contributed by atoms with Crippen LogP contribution in [0.1, 0.15) is 76.3 Å². The molecule has 10 atom stereocenters. The quantitative estimate of drug-likeness (QED) is 0.0727. The van der Waals surface area contributed by atoms with E-state index in [1.165, 1.54) is 23.6 Å². The lowest BCUT2D eigenvalue weighted by molar-refractivity contribution is -0.161. The molecule has 0 saturated carbocycles. The number of ether oxygens (including phenoxy) is 1. The summed E-state index contributed by atoms with van der Waals surface area (Å²) in [5.41, 5.74) is 7.05. The molecule has 4 aliphatic rings. The molecule has 4 fully saturated rings. The molecule has 0 bridgehead atoms. The Balaban J connectivity index is 1.03. The first-order chi connectivity index (χ1) is 31.6. The van der Waals surface area contributed by atoms with E-state index in [2.05, 4.69) is 31.9 Å². The van der Waals surface area contributed by atoms with Gasteiger partial charge >= 0.3 is 5.97 Å². The van der Waals surface area contributed by atoms with E-state index in [0.29, 0.717) is 37.8 Å². The number of hydrogen-bond donors (Lipinski definition) is 8. The molecule has 0 unspecified atom stereocenters. The summed E-state index contributed by atoms with van der Waals surface area (Å²) in [6, 6.07) is 9.24. The van der Waals surface area contributed by atoms with Gasteiger partial charge < -0.3 is 57.3 Å². The monoisotopic (exact) mass is 915 g/mol. The fourth-order valence-corrected chi connectivity index (χ4v) is 9.10. The van der Waals surface area contributed by atoms with E-state index in [0.717, 1.165) is 12.0 Å². The summed E-state index contributed by atoms with van der Waals surface area (Å²) in [4.78, 5) is 123. The first kappa shape index (κ1) is 49.0. The van der Waals surface area contributed by atoms with Gasteiger partial charge in [-0.1, -0.05) is 60.7 Å². The van der Waals surface area contributed by atoms with Gasteiger partial charge in [0.2, 0.25) is 41.4 Å². The predicted molar refractivity (Wildman–Crippen MR) is 236 cm³/mol. The number of fused-ring (bicyclic) bond motifs is 1. The van der Waals surface area contributed by atoms with Crippen LogP contribution in [-0.4, -0.2) is 148 Å². The molecule has 8 amide bonds. The topological polar surface area (TPSA) is 288 Å². The second kappa shape index (κ2) is 22.7. The van der Waals surface area contributed by atoms with E-state index in [4.69, 9.17) is 10.5 Å². The van der Waals surface area contributed by atoms with Crippen molar-refractivity contribution in [3.05, 3.63) is 71.8 Å². The summed E-state index contributed by atoms with van der Waals surface area (Å²) in [5, 5.41) is 26.6. The Morgan fingerprint density at radius 2 is 1.41 bits per heavy atom. The summed E-state index contributed by atoms with van der Waals surface area (Å²) in [6.45, 7) is 2.92. The van der Waals surface area contributed by atoms with E-state index in [-0.39, 0.29) is 38.6 Å². The van der Waals surface area contributed by atoms with Crippen LogP contribution in [0.25, 0.3) is 0 Å². The number of aliphatic hydroxyl groups is 1. The molecule has 4 aliphatic heterocycles. The van der Waals surface area contributed by atoms with Gasteiger partial charge in [-0.05, 0) is 82.9 Å². The van der Waals surface area contributed by atoms with Crippen LogP contribution >= 0.6 is 0 Å². The summed E-state index contributed by atoms with van der Waals surface area (Å²) in [7, 11) is 0. The van der Waals surface area contributed by atoms with Crippen molar-refractivity contribution in [2.75, 3.05) is 19.7 Å². The molecule has 6 rings (SSSR count). The van der Waals surface area contributed by atoms with Gasteiger partial charge in [-0.15, -0.1) is 0 Å². The predicted octanol–water partition coefficient (Wildman–Crippen LogP) is -1.78. The van der Waals surface area contributed by atoms with Crippen LogP contribution in [0.4, 0.5) is 0 Å². The highest BCUT2D eigenvalue weighted by atomic mass is 16.5.